The van der Waals surface area contributed by atoms with Crippen LogP contribution in [-0.4, -0.2) is 19.1 Å². The van der Waals surface area contributed by atoms with Crippen molar-refractivity contribution in [1.29, 1.82) is 5.26 Å². The SMILES string of the molecule is N#Cc1ccc(Cl)cc1NC1CCCNC1. The summed E-state index contributed by atoms with van der Waals surface area (Å²) in [6.45, 7) is 2.02. The van der Waals surface area contributed by atoms with Gasteiger partial charge < -0.3 is 10.6 Å². The fourth-order valence-corrected chi connectivity index (χ4v) is 2.10. The number of nitrogens with one attached hydrogen (secondary N) is 2. The van der Waals surface area contributed by atoms with Crippen LogP contribution in [0.3, 0.4) is 0 Å². The maximum absolute atomic E-state index is 8.99. The van der Waals surface area contributed by atoms with Crippen molar-refractivity contribution in [3.05, 3.63) is 28.8 Å². The third-order valence-corrected chi connectivity index (χ3v) is 2.99. The Kier molecular flexibility index (Phi) is 3.66. The molecule has 1 unspecified atom stereocenters. The van der Waals surface area contributed by atoms with Gasteiger partial charge in [-0.1, -0.05) is 11.6 Å². The maximum atomic E-state index is 8.99. The molecule has 16 heavy (non-hydrogen) atoms. The van der Waals surface area contributed by atoms with Crippen LogP contribution in [0.5, 0.6) is 0 Å². The highest BCUT2D eigenvalue weighted by atomic mass is 35.5. The smallest absolute Gasteiger partial charge is 0.101 e. The van der Waals surface area contributed by atoms with Crippen molar-refractivity contribution in [2.75, 3.05) is 18.4 Å². The van der Waals surface area contributed by atoms with Crippen molar-refractivity contribution in [1.82, 2.24) is 5.32 Å². The van der Waals surface area contributed by atoms with Gasteiger partial charge in [-0.3, -0.25) is 0 Å². The summed E-state index contributed by atoms with van der Waals surface area (Å²) in [5.74, 6) is 0. The van der Waals surface area contributed by atoms with E-state index in [0.29, 0.717) is 16.6 Å². The number of anilines is 1. The van der Waals surface area contributed by atoms with Gasteiger partial charge in [0.05, 0.1) is 11.3 Å². The van der Waals surface area contributed by atoms with Gasteiger partial charge in [0, 0.05) is 17.6 Å². The second-order valence-electron chi connectivity index (χ2n) is 3.99. The van der Waals surface area contributed by atoms with E-state index < -0.39 is 0 Å². The Morgan fingerprint density at radius 3 is 3.06 bits per heavy atom. The molecule has 2 rings (SSSR count). The zero-order valence-corrected chi connectivity index (χ0v) is 9.72. The molecule has 0 saturated carbocycles. The standard InChI is InChI=1S/C12H14ClN3/c13-10-4-3-9(7-14)12(6-10)16-11-2-1-5-15-8-11/h3-4,6,11,15-16H,1-2,5,8H2. The molecule has 0 amide bonds. The zero-order valence-electron chi connectivity index (χ0n) is 8.96. The van der Waals surface area contributed by atoms with Gasteiger partial charge in [-0.05, 0) is 37.6 Å². The lowest BCUT2D eigenvalue weighted by Gasteiger charge is -2.25. The van der Waals surface area contributed by atoms with Gasteiger partial charge in [0.2, 0.25) is 0 Å². The summed E-state index contributed by atoms with van der Waals surface area (Å²) in [5.41, 5.74) is 1.48. The molecular formula is C12H14ClN3. The average Bonchev–Trinajstić information content (AvgIpc) is 2.31. The van der Waals surface area contributed by atoms with Crippen LogP contribution in [0.1, 0.15) is 18.4 Å². The number of benzene rings is 1. The van der Waals surface area contributed by atoms with Crippen molar-refractivity contribution in [2.45, 2.75) is 18.9 Å². The first-order valence-electron chi connectivity index (χ1n) is 5.46. The van der Waals surface area contributed by atoms with Crippen LogP contribution in [0.4, 0.5) is 5.69 Å². The number of hydrogen-bond donors (Lipinski definition) is 2. The summed E-state index contributed by atoms with van der Waals surface area (Å²) in [7, 11) is 0. The van der Waals surface area contributed by atoms with E-state index in [1.807, 2.05) is 6.07 Å². The van der Waals surface area contributed by atoms with Crippen LogP contribution < -0.4 is 10.6 Å². The Hall–Kier alpha value is -1.24. The van der Waals surface area contributed by atoms with Crippen LogP contribution in [0, 0.1) is 11.3 Å². The summed E-state index contributed by atoms with van der Waals surface area (Å²) in [6, 6.07) is 7.86. The maximum Gasteiger partial charge on any atom is 0.101 e. The Balaban J connectivity index is 2.13. The number of hydrogen-bond acceptors (Lipinski definition) is 3. The minimum atomic E-state index is 0.388. The highest BCUT2D eigenvalue weighted by molar-refractivity contribution is 6.30. The van der Waals surface area contributed by atoms with Gasteiger partial charge in [0.25, 0.3) is 0 Å². The lowest BCUT2D eigenvalue weighted by atomic mass is 10.1. The van der Waals surface area contributed by atoms with Gasteiger partial charge in [-0.25, -0.2) is 0 Å². The molecule has 1 fully saturated rings. The lowest BCUT2D eigenvalue weighted by Crippen LogP contribution is -2.38. The Bertz CT molecular complexity index is 405. The van der Waals surface area contributed by atoms with Crippen molar-refractivity contribution in [3.8, 4) is 6.07 Å². The molecule has 0 spiro atoms. The zero-order chi connectivity index (χ0) is 11.4. The van der Waals surface area contributed by atoms with E-state index in [-0.39, 0.29) is 0 Å². The van der Waals surface area contributed by atoms with Crippen molar-refractivity contribution in [3.63, 3.8) is 0 Å². The fraction of sp³-hybridized carbons (Fsp3) is 0.417. The predicted octanol–water partition coefficient (Wildman–Crippen LogP) is 2.38. The number of rotatable bonds is 2. The molecular weight excluding hydrogens is 222 g/mol. The third-order valence-electron chi connectivity index (χ3n) is 2.76. The van der Waals surface area contributed by atoms with Crippen molar-refractivity contribution < 1.29 is 0 Å². The van der Waals surface area contributed by atoms with E-state index in [0.717, 1.165) is 25.2 Å². The Morgan fingerprint density at radius 1 is 1.50 bits per heavy atom. The van der Waals surface area contributed by atoms with Gasteiger partial charge in [0.15, 0.2) is 0 Å². The van der Waals surface area contributed by atoms with E-state index in [2.05, 4.69) is 16.7 Å². The van der Waals surface area contributed by atoms with Crippen molar-refractivity contribution in [2.24, 2.45) is 0 Å². The van der Waals surface area contributed by atoms with E-state index in [1.54, 1.807) is 12.1 Å². The van der Waals surface area contributed by atoms with Gasteiger partial charge in [-0.2, -0.15) is 5.26 Å². The summed E-state index contributed by atoms with van der Waals surface area (Å²) < 4.78 is 0. The van der Waals surface area contributed by atoms with Gasteiger partial charge in [0.1, 0.15) is 6.07 Å². The molecule has 1 saturated heterocycles. The van der Waals surface area contributed by atoms with E-state index in [1.165, 1.54) is 6.42 Å². The largest absolute Gasteiger partial charge is 0.380 e. The molecule has 2 N–H and O–H groups in total. The first-order valence-corrected chi connectivity index (χ1v) is 5.84. The number of piperidine rings is 1. The summed E-state index contributed by atoms with van der Waals surface area (Å²) >= 11 is 5.93. The molecule has 84 valence electrons. The van der Waals surface area contributed by atoms with Crippen LogP contribution in [-0.2, 0) is 0 Å². The monoisotopic (exact) mass is 235 g/mol. The molecule has 1 aliphatic heterocycles. The second-order valence-corrected chi connectivity index (χ2v) is 4.43. The molecule has 4 heteroatoms. The highest BCUT2D eigenvalue weighted by Crippen LogP contribution is 2.22. The Labute approximate surface area is 100 Å². The second kappa shape index (κ2) is 5.20. The minimum Gasteiger partial charge on any atom is -0.380 e. The van der Waals surface area contributed by atoms with E-state index in [9.17, 15) is 0 Å². The van der Waals surface area contributed by atoms with E-state index >= 15 is 0 Å². The summed E-state index contributed by atoms with van der Waals surface area (Å²) in [4.78, 5) is 0. The molecule has 1 aromatic carbocycles. The predicted molar refractivity (Wildman–Crippen MR) is 65.7 cm³/mol. The van der Waals surface area contributed by atoms with Gasteiger partial charge >= 0.3 is 0 Å². The molecule has 1 aliphatic rings. The first kappa shape index (κ1) is 11.3. The molecule has 0 bridgehead atoms. The van der Waals surface area contributed by atoms with Crippen LogP contribution in [0.2, 0.25) is 5.02 Å². The molecule has 0 radical (unpaired) electrons. The average molecular weight is 236 g/mol. The number of nitriles is 1. The van der Waals surface area contributed by atoms with Crippen molar-refractivity contribution >= 4 is 17.3 Å². The molecule has 0 aliphatic carbocycles. The topological polar surface area (TPSA) is 47.9 Å². The summed E-state index contributed by atoms with van der Waals surface area (Å²) in [5, 5.41) is 16.3. The quantitative estimate of drug-likeness (QED) is 0.828. The normalized spacial score (nSPS) is 20.1. The molecule has 1 aromatic rings. The third kappa shape index (κ3) is 2.66. The number of nitrogens with zero attached hydrogens (tertiary/aromatic N) is 1. The number of halogens is 1. The van der Waals surface area contributed by atoms with Crippen LogP contribution in [0.15, 0.2) is 18.2 Å². The molecule has 1 heterocycles. The van der Waals surface area contributed by atoms with Crippen LogP contribution in [0.25, 0.3) is 0 Å². The molecule has 1 atom stereocenters. The molecule has 3 nitrogen and oxygen atoms in total. The first-order chi connectivity index (χ1) is 7.79. The minimum absolute atomic E-state index is 0.388. The summed E-state index contributed by atoms with van der Waals surface area (Å²) in [6.07, 6.45) is 2.30. The van der Waals surface area contributed by atoms with E-state index in [4.69, 9.17) is 16.9 Å². The highest BCUT2D eigenvalue weighted by Gasteiger charge is 2.14. The molecule has 0 aromatic heterocycles. The lowest BCUT2D eigenvalue weighted by molar-refractivity contribution is 0.480. The van der Waals surface area contributed by atoms with Crippen LogP contribution >= 0.6 is 11.6 Å². The fourth-order valence-electron chi connectivity index (χ4n) is 1.93. The van der Waals surface area contributed by atoms with Gasteiger partial charge in [-0.15, -0.1) is 0 Å². The Morgan fingerprint density at radius 2 is 2.38 bits per heavy atom.